The molecule has 0 saturated heterocycles. The Morgan fingerprint density at radius 2 is 2.58 bits per heavy atom. The molecule has 0 aliphatic heterocycles. The molecule has 12 heavy (non-hydrogen) atoms. The number of hydrogen-bond donors (Lipinski definition) is 2. The summed E-state index contributed by atoms with van der Waals surface area (Å²) in [6, 6.07) is -0.273. The molecule has 0 atom stereocenters. The minimum atomic E-state index is -0.273. The van der Waals surface area contributed by atoms with E-state index >= 15 is 0 Å². The smallest absolute Gasteiger partial charge is 0.336 e. The Kier molecular flexibility index (Phi) is 3.09. The lowest BCUT2D eigenvalue weighted by Crippen LogP contribution is -2.29. The second kappa shape index (κ2) is 4.10. The standard InChI is InChI=1S/C6H10N4OS/c1-2-3-7-6(11)10-4-5(12)8-9-10/h4,12H,2-3H2,1H3,(H,7,11). The molecule has 6 heteroatoms. The SMILES string of the molecule is CCCNC(=O)n1cc(S)nn1. The highest BCUT2D eigenvalue weighted by Crippen LogP contribution is 1.96. The van der Waals surface area contributed by atoms with Crippen molar-refractivity contribution in [3.05, 3.63) is 6.20 Å². The number of hydrogen-bond acceptors (Lipinski definition) is 4. The summed E-state index contributed by atoms with van der Waals surface area (Å²) in [6.07, 6.45) is 2.35. The van der Waals surface area contributed by atoms with E-state index in [9.17, 15) is 4.79 Å². The average Bonchev–Trinajstić information content (AvgIpc) is 2.47. The molecule has 0 unspecified atom stereocenters. The number of aromatic nitrogens is 3. The van der Waals surface area contributed by atoms with Crippen LogP contribution >= 0.6 is 12.6 Å². The molecule has 0 saturated carbocycles. The van der Waals surface area contributed by atoms with E-state index in [0.29, 0.717) is 11.6 Å². The molecule has 1 heterocycles. The predicted molar refractivity (Wildman–Crippen MR) is 46.4 cm³/mol. The van der Waals surface area contributed by atoms with Crippen LogP contribution in [-0.2, 0) is 0 Å². The number of thiol groups is 1. The average molecular weight is 186 g/mol. The third-order valence-corrected chi connectivity index (χ3v) is 1.42. The van der Waals surface area contributed by atoms with Gasteiger partial charge in [-0.15, -0.1) is 17.7 Å². The predicted octanol–water partition coefficient (Wildman–Crippen LogP) is 0.534. The van der Waals surface area contributed by atoms with Gasteiger partial charge in [0.05, 0.1) is 6.20 Å². The van der Waals surface area contributed by atoms with E-state index < -0.39 is 0 Å². The number of nitrogens with zero attached hydrogens (tertiary/aromatic N) is 3. The summed E-state index contributed by atoms with van der Waals surface area (Å²) in [5.74, 6) is 0. The molecule has 1 N–H and O–H groups in total. The van der Waals surface area contributed by atoms with Crippen molar-refractivity contribution in [3.63, 3.8) is 0 Å². The van der Waals surface area contributed by atoms with Gasteiger partial charge in [0.1, 0.15) is 5.03 Å². The van der Waals surface area contributed by atoms with Crippen molar-refractivity contribution in [2.75, 3.05) is 6.54 Å². The lowest BCUT2D eigenvalue weighted by atomic mass is 10.5. The van der Waals surface area contributed by atoms with Crippen molar-refractivity contribution >= 4 is 18.7 Å². The van der Waals surface area contributed by atoms with E-state index in [-0.39, 0.29) is 6.03 Å². The summed E-state index contributed by atoms with van der Waals surface area (Å²) in [5.41, 5.74) is 0. The van der Waals surface area contributed by atoms with E-state index in [1.807, 2.05) is 6.92 Å². The molecule has 0 fully saturated rings. The normalized spacial score (nSPS) is 9.83. The van der Waals surface area contributed by atoms with E-state index in [0.717, 1.165) is 11.1 Å². The first-order chi connectivity index (χ1) is 5.74. The molecule has 0 spiro atoms. The van der Waals surface area contributed by atoms with E-state index in [1.54, 1.807) is 0 Å². The van der Waals surface area contributed by atoms with Crippen LogP contribution in [0.5, 0.6) is 0 Å². The van der Waals surface area contributed by atoms with E-state index in [1.165, 1.54) is 6.20 Å². The summed E-state index contributed by atoms with van der Waals surface area (Å²) in [7, 11) is 0. The summed E-state index contributed by atoms with van der Waals surface area (Å²) in [5, 5.41) is 10.2. The van der Waals surface area contributed by atoms with Crippen LogP contribution in [0.1, 0.15) is 13.3 Å². The van der Waals surface area contributed by atoms with Gasteiger partial charge in [0.25, 0.3) is 0 Å². The van der Waals surface area contributed by atoms with Gasteiger partial charge >= 0.3 is 6.03 Å². The van der Waals surface area contributed by atoms with Gasteiger partial charge in [-0.1, -0.05) is 12.1 Å². The van der Waals surface area contributed by atoms with Gasteiger partial charge in [-0.25, -0.2) is 4.79 Å². The monoisotopic (exact) mass is 186 g/mol. The maximum absolute atomic E-state index is 11.1. The van der Waals surface area contributed by atoms with Crippen LogP contribution in [-0.4, -0.2) is 27.6 Å². The minimum absolute atomic E-state index is 0.273. The highest BCUT2D eigenvalue weighted by Gasteiger charge is 2.04. The van der Waals surface area contributed by atoms with Crippen molar-refractivity contribution in [2.45, 2.75) is 18.4 Å². The fourth-order valence-electron chi connectivity index (χ4n) is 0.667. The quantitative estimate of drug-likeness (QED) is 0.662. The maximum atomic E-state index is 11.1. The molecular weight excluding hydrogens is 176 g/mol. The minimum Gasteiger partial charge on any atom is -0.336 e. The highest BCUT2D eigenvalue weighted by molar-refractivity contribution is 7.80. The maximum Gasteiger partial charge on any atom is 0.343 e. The van der Waals surface area contributed by atoms with Crippen molar-refractivity contribution < 1.29 is 4.79 Å². The Bertz CT molecular complexity index is 272. The largest absolute Gasteiger partial charge is 0.343 e. The van der Waals surface area contributed by atoms with Crippen LogP contribution in [0.4, 0.5) is 4.79 Å². The second-order valence-corrected chi connectivity index (χ2v) is 2.71. The van der Waals surface area contributed by atoms with Gasteiger partial charge < -0.3 is 5.32 Å². The first-order valence-corrected chi connectivity index (χ1v) is 4.08. The van der Waals surface area contributed by atoms with Crippen LogP contribution in [0.25, 0.3) is 0 Å². The van der Waals surface area contributed by atoms with Crippen LogP contribution < -0.4 is 5.32 Å². The Labute approximate surface area is 75.6 Å². The molecular formula is C6H10N4OS. The van der Waals surface area contributed by atoms with E-state index in [4.69, 9.17) is 0 Å². The number of rotatable bonds is 2. The van der Waals surface area contributed by atoms with Gasteiger partial charge in [-0.05, 0) is 6.42 Å². The van der Waals surface area contributed by atoms with Crippen LogP contribution in [0, 0.1) is 0 Å². The zero-order chi connectivity index (χ0) is 8.97. The van der Waals surface area contributed by atoms with Crippen LogP contribution in [0.15, 0.2) is 11.2 Å². The molecule has 1 rings (SSSR count). The number of carbonyl (C=O) groups is 1. The van der Waals surface area contributed by atoms with Crippen molar-refractivity contribution in [2.24, 2.45) is 0 Å². The van der Waals surface area contributed by atoms with Gasteiger partial charge in [0, 0.05) is 6.54 Å². The zero-order valence-corrected chi connectivity index (χ0v) is 7.58. The zero-order valence-electron chi connectivity index (χ0n) is 6.69. The summed E-state index contributed by atoms with van der Waals surface area (Å²) in [6.45, 7) is 2.62. The summed E-state index contributed by atoms with van der Waals surface area (Å²) in [4.78, 5) is 11.1. The molecule has 1 aromatic heterocycles. The molecule has 0 radical (unpaired) electrons. The Hall–Kier alpha value is -1.04. The lowest BCUT2D eigenvalue weighted by Gasteiger charge is -1.99. The number of amides is 1. The molecule has 0 aliphatic rings. The van der Waals surface area contributed by atoms with Crippen molar-refractivity contribution in [1.29, 1.82) is 0 Å². The molecule has 66 valence electrons. The molecule has 0 aliphatic carbocycles. The third-order valence-electron chi connectivity index (χ3n) is 1.22. The van der Waals surface area contributed by atoms with E-state index in [2.05, 4.69) is 28.3 Å². The molecule has 0 aromatic carbocycles. The third kappa shape index (κ3) is 2.23. The summed E-state index contributed by atoms with van der Waals surface area (Å²) < 4.78 is 1.12. The van der Waals surface area contributed by atoms with Crippen molar-refractivity contribution in [3.8, 4) is 0 Å². The lowest BCUT2D eigenvalue weighted by molar-refractivity contribution is 0.239. The van der Waals surface area contributed by atoms with Crippen LogP contribution in [0.2, 0.25) is 0 Å². The highest BCUT2D eigenvalue weighted by atomic mass is 32.1. The van der Waals surface area contributed by atoms with Gasteiger partial charge in [0.15, 0.2) is 0 Å². The van der Waals surface area contributed by atoms with Gasteiger partial charge in [-0.3, -0.25) is 0 Å². The Balaban J connectivity index is 2.53. The molecule has 1 amide bonds. The van der Waals surface area contributed by atoms with Crippen molar-refractivity contribution in [1.82, 2.24) is 20.3 Å². The topological polar surface area (TPSA) is 59.8 Å². The Morgan fingerprint density at radius 3 is 3.08 bits per heavy atom. The number of carbonyl (C=O) groups excluding carboxylic acids is 1. The van der Waals surface area contributed by atoms with Gasteiger partial charge in [0.2, 0.25) is 0 Å². The Morgan fingerprint density at radius 1 is 1.83 bits per heavy atom. The molecule has 0 bridgehead atoms. The molecule has 1 aromatic rings. The summed E-state index contributed by atoms with van der Waals surface area (Å²) >= 11 is 3.92. The molecule has 5 nitrogen and oxygen atoms in total. The number of nitrogens with one attached hydrogen (secondary N) is 1. The van der Waals surface area contributed by atoms with Crippen LogP contribution in [0.3, 0.4) is 0 Å². The first kappa shape index (κ1) is 9.05. The fraction of sp³-hybridized carbons (Fsp3) is 0.500. The fourth-order valence-corrected chi connectivity index (χ4v) is 0.817. The first-order valence-electron chi connectivity index (χ1n) is 3.63. The second-order valence-electron chi connectivity index (χ2n) is 2.25. The van der Waals surface area contributed by atoms with Gasteiger partial charge in [-0.2, -0.15) is 4.68 Å².